The average Bonchev–Trinajstić information content (AvgIpc) is 3.36. The molecule has 3 aromatic carbocycles. The maximum Gasteiger partial charge on any atom is 0.305 e. The van der Waals surface area contributed by atoms with Crippen molar-refractivity contribution < 1.29 is 28.8 Å². The van der Waals surface area contributed by atoms with Gasteiger partial charge in [0.15, 0.2) is 23.0 Å². The zero-order valence-corrected chi connectivity index (χ0v) is 15.6. The first-order valence-corrected chi connectivity index (χ1v) is 9.35. The lowest BCUT2D eigenvalue weighted by molar-refractivity contribution is -0.137. The molecular formula is C22H17NO6. The van der Waals surface area contributed by atoms with Gasteiger partial charge in [0.05, 0.1) is 18.2 Å². The molecule has 7 nitrogen and oxygen atoms in total. The summed E-state index contributed by atoms with van der Waals surface area (Å²) in [6, 6.07) is 11.5. The lowest BCUT2D eigenvalue weighted by Gasteiger charge is -2.38. The van der Waals surface area contributed by atoms with E-state index in [1.165, 1.54) is 0 Å². The van der Waals surface area contributed by atoms with Crippen LogP contribution in [0.5, 0.6) is 23.0 Å². The molecule has 1 N–H and O–H groups in total. The fourth-order valence-corrected chi connectivity index (χ4v) is 4.61. The molecule has 7 heteroatoms. The maximum absolute atomic E-state index is 11.7. The van der Waals surface area contributed by atoms with Crippen LogP contribution in [0.4, 0.5) is 5.69 Å². The number of carboxylic acids is 1. The predicted molar refractivity (Wildman–Crippen MR) is 105 cm³/mol. The first kappa shape index (κ1) is 16.4. The van der Waals surface area contributed by atoms with Crippen LogP contribution in [0.15, 0.2) is 36.4 Å². The van der Waals surface area contributed by atoms with E-state index < -0.39 is 5.97 Å². The minimum Gasteiger partial charge on any atom is -0.481 e. The van der Waals surface area contributed by atoms with Crippen LogP contribution in [0, 0.1) is 0 Å². The number of benzene rings is 3. The molecule has 146 valence electrons. The molecule has 0 bridgehead atoms. The largest absolute Gasteiger partial charge is 0.481 e. The molecule has 0 aliphatic carbocycles. The van der Waals surface area contributed by atoms with Crippen LogP contribution < -0.4 is 23.8 Å². The van der Waals surface area contributed by atoms with Gasteiger partial charge in [0, 0.05) is 23.6 Å². The Morgan fingerprint density at radius 1 is 1.00 bits per heavy atom. The molecule has 0 unspecified atom stereocenters. The van der Waals surface area contributed by atoms with Crippen molar-refractivity contribution in [3.8, 4) is 34.1 Å². The smallest absolute Gasteiger partial charge is 0.305 e. The van der Waals surface area contributed by atoms with E-state index in [0.29, 0.717) is 17.2 Å². The number of rotatable bonds is 2. The van der Waals surface area contributed by atoms with Crippen LogP contribution in [-0.2, 0) is 4.79 Å². The summed E-state index contributed by atoms with van der Waals surface area (Å²) >= 11 is 0. The highest BCUT2D eigenvalue weighted by atomic mass is 16.7. The molecule has 1 atom stereocenters. The van der Waals surface area contributed by atoms with E-state index in [-0.39, 0.29) is 26.0 Å². The van der Waals surface area contributed by atoms with Crippen LogP contribution in [0.2, 0.25) is 0 Å². The van der Waals surface area contributed by atoms with Gasteiger partial charge in [-0.2, -0.15) is 0 Å². The van der Waals surface area contributed by atoms with Gasteiger partial charge in [-0.05, 0) is 35.2 Å². The summed E-state index contributed by atoms with van der Waals surface area (Å²) in [5, 5.41) is 11.6. The molecule has 29 heavy (non-hydrogen) atoms. The fraction of sp³-hybridized carbons (Fsp3) is 0.227. The van der Waals surface area contributed by atoms with Crippen molar-refractivity contribution in [3.63, 3.8) is 0 Å². The molecule has 0 radical (unpaired) electrons. The Morgan fingerprint density at radius 2 is 1.72 bits per heavy atom. The van der Waals surface area contributed by atoms with Crippen molar-refractivity contribution in [2.75, 3.05) is 25.5 Å². The molecule has 0 saturated heterocycles. The Morgan fingerprint density at radius 3 is 2.55 bits per heavy atom. The number of carbonyl (C=O) groups is 1. The third-order valence-corrected chi connectivity index (χ3v) is 5.87. The summed E-state index contributed by atoms with van der Waals surface area (Å²) < 4.78 is 22.4. The van der Waals surface area contributed by atoms with Gasteiger partial charge in [0.2, 0.25) is 13.6 Å². The molecule has 0 amide bonds. The van der Waals surface area contributed by atoms with E-state index in [9.17, 15) is 9.90 Å². The third kappa shape index (κ3) is 2.21. The van der Waals surface area contributed by atoms with Gasteiger partial charge < -0.3 is 29.0 Å². The number of hydrogen-bond donors (Lipinski definition) is 1. The summed E-state index contributed by atoms with van der Waals surface area (Å²) in [5.74, 6) is 1.84. The van der Waals surface area contributed by atoms with Gasteiger partial charge in [0.25, 0.3) is 0 Å². The van der Waals surface area contributed by atoms with Crippen molar-refractivity contribution in [3.05, 3.63) is 42.0 Å². The van der Waals surface area contributed by atoms with Crippen molar-refractivity contribution >= 4 is 22.4 Å². The molecule has 3 aromatic rings. The molecule has 6 rings (SSSR count). The van der Waals surface area contributed by atoms with Crippen molar-refractivity contribution in [1.82, 2.24) is 0 Å². The monoisotopic (exact) mass is 391 g/mol. The minimum atomic E-state index is -0.870. The highest BCUT2D eigenvalue weighted by molar-refractivity contribution is 6.06. The number of ether oxygens (including phenoxy) is 4. The van der Waals surface area contributed by atoms with Gasteiger partial charge in [-0.3, -0.25) is 4.79 Å². The first-order chi connectivity index (χ1) is 14.1. The normalized spacial score (nSPS) is 18.0. The number of nitrogens with zero attached hydrogens (tertiary/aromatic N) is 1. The molecule has 3 aliphatic rings. The Hall–Kier alpha value is -3.61. The number of carboxylic acid groups (broad SMARTS) is 1. The molecule has 0 saturated carbocycles. The van der Waals surface area contributed by atoms with Crippen LogP contribution in [0.3, 0.4) is 0 Å². The highest BCUT2D eigenvalue weighted by Gasteiger charge is 2.37. The van der Waals surface area contributed by atoms with E-state index in [0.717, 1.165) is 38.9 Å². The second kappa shape index (κ2) is 5.70. The van der Waals surface area contributed by atoms with Crippen LogP contribution >= 0.6 is 0 Å². The zero-order valence-electron chi connectivity index (χ0n) is 15.6. The quantitative estimate of drug-likeness (QED) is 0.709. The molecular weight excluding hydrogens is 374 g/mol. The molecule has 3 aliphatic heterocycles. The zero-order chi connectivity index (χ0) is 19.7. The molecule has 0 fully saturated rings. The standard InChI is InChI=1S/C22H17NO6/c1-23-15(8-19(24)25)20-12(4-5-16-22(20)29-10-26-16)13-3-2-11-6-17-18(28-9-27-17)7-14(11)21(13)23/h2-7,15H,8-10H2,1H3,(H,24,25)/t15-/m1/s1. The number of fused-ring (bicyclic) bond motifs is 8. The van der Waals surface area contributed by atoms with Crippen molar-refractivity contribution in [1.29, 1.82) is 0 Å². The molecule has 3 heterocycles. The topological polar surface area (TPSA) is 77.5 Å². The van der Waals surface area contributed by atoms with Gasteiger partial charge in [-0.25, -0.2) is 0 Å². The van der Waals surface area contributed by atoms with E-state index in [2.05, 4.69) is 12.1 Å². The van der Waals surface area contributed by atoms with E-state index >= 15 is 0 Å². The van der Waals surface area contributed by atoms with Gasteiger partial charge in [-0.15, -0.1) is 0 Å². The lowest BCUT2D eigenvalue weighted by atomic mass is 9.84. The predicted octanol–water partition coefficient (Wildman–Crippen LogP) is 3.93. The Labute approximate surface area is 166 Å². The maximum atomic E-state index is 11.7. The molecule has 0 aromatic heterocycles. The number of anilines is 1. The lowest BCUT2D eigenvalue weighted by Crippen LogP contribution is -2.30. The Bertz CT molecular complexity index is 1200. The Kier molecular flexibility index (Phi) is 3.21. The van der Waals surface area contributed by atoms with Gasteiger partial charge >= 0.3 is 5.97 Å². The minimum absolute atomic E-state index is 0.0519. The van der Waals surface area contributed by atoms with Crippen LogP contribution in [-0.4, -0.2) is 31.7 Å². The number of aliphatic carboxylic acids is 1. The molecule has 0 spiro atoms. The highest BCUT2D eigenvalue weighted by Crippen LogP contribution is 2.55. The summed E-state index contributed by atoms with van der Waals surface area (Å²) in [6.45, 7) is 0.348. The van der Waals surface area contributed by atoms with Crippen molar-refractivity contribution in [2.45, 2.75) is 12.5 Å². The van der Waals surface area contributed by atoms with E-state index in [1.807, 2.05) is 36.2 Å². The van der Waals surface area contributed by atoms with Crippen LogP contribution in [0.25, 0.3) is 21.9 Å². The van der Waals surface area contributed by atoms with E-state index in [1.54, 1.807) is 0 Å². The van der Waals surface area contributed by atoms with Gasteiger partial charge in [0.1, 0.15) is 0 Å². The van der Waals surface area contributed by atoms with E-state index in [4.69, 9.17) is 18.9 Å². The summed E-state index contributed by atoms with van der Waals surface area (Å²) in [4.78, 5) is 13.7. The third-order valence-electron chi connectivity index (χ3n) is 5.87. The average molecular weight is 391 g/mol. The van der Waals surface area contributed by atoms with Crippen LogP contribution in [0.1, 0.15) is 18.0 Å². The SMILES string of the molecule is CN1c2c(ccc3cc4c(cc23)OCO4)-c2ccc3c(c2[C@H]1CC(=O)O)OCO3. The number of hydrogen-bond acceptors (Lipinski definition) is 6. The second-order valence-corrected chi connectivity index (χ2v) is 7.37. The fourth-order valence-electron chi connectivity index (χ4n) is 4.61. The summed E-state index contributed by atoms with van der Waals surface area (Å²) in [7, 11) is 1.93. The summed E-state index contributed by atoms with van der Waals surface area (Å²) in [5.41, 5.74) is 3.82. The second-order valence-electron chi connectivity index (χ2n) is 7.37. The Balaban J connectivity index is 1.66. The first-order valence-electron chi connectivity index (χ1n) is 9.35. The summed E-state index contributed by atoms with van der Waals surface area (Å²) in [6.07, 6.45) is -0.0519. The van der Waals surface area contributed by atoms with Crippen molar-refractivity contribution in [2.24, 2.45) is 0 Å². The van der Waals surface area contributed by atoms with Gasteiger partial charge in [-0.1, -0.05) is 12.1 Å².